The number of aryl methyl sites for hydroxylation is 2. The highest BCUT2D eigenvalue weighted by molar-refractivity contribution is 5.91. The maximum Gasteiger partial charge on any atom is 0.0455 e. The first kappa shape index (κ1) is 12.5. The lowest BCUT2D eigenvalue weighted by Gasteiger charge is -2.24. The Kier molecular flexibility index (Phi) is 3.00. The molecule has 1 unspecified atom stereocenters. The molecule has 0 fully saturated rings. The molecule has 0 spiro atoms. The first-order valence-electron chi connectivity index (χ1n) is 7.36. The summed E-state index contributed by atoms with van der Waals surface area (Å²) in [6, 6.07) is 4.58. The fourth-order valence-electron chi connectivity index (χ4n) is 3.32. The van der Waals surface area contributed by atoms with Gasteiger partial charge < -0.3 is 5.32 Å². The van der Waals surface area contributed by atoms with E-state index in [4.69, 9.17) is 0 Å². The van der Waals surface area contributed by atoms with Gasteiger partial charge in [-0.1, -0.05) is 30.7 Å². The smallest absolute Gasteiger partial charge is 0.0455 e. The number of fused-ring (bicyclic) bond motifs is 1. The molecule has 19 heavy (non-hydrogen) atoms. The quantitative estimate of drug-likeness (QED) is 0.763. The van der Waals surface area contributed by atoms with Gasteiger partial charge in [0.1, 0.15) is 0 Å². The van der Waals surface area contributed by atoms with Gasteiger partial charge in [0.2, 0.25) is 0 Å². The number of hydrogen-bond acceptors (Lipinski definition) is 1. The minimum atomic E-state index is 0.578. The van der Waals surface area contributed by atoms with Crippen LogP contribution < -0.4 is 5.32 Å². The summed E-state index contributed by atoms with van der Waals surface area (Å²) in [5, 5.41) is 3.64. The van der Waals surface area contributed by atoms with Crippen LogP contribution in [0.1, 0.15) is 43.9 Å². The van der Waals surface area contributed by atoms with E-state index >= 15 is 0 Å². The molecule has 0 bridgehead atoms. The Morgan fingerprint density at radius 1 is 1.16 bits per heavy atom. The third-order valence-corrected chi connectivity index (χ3v) is 4.79. The molecule has 1 N–H and O–H groups in total. The van der Waals surface area contributed by atoms with E-state index in [-0.39, 0.29) is 0 Å². The average molecular weight is 253 g/mol. The Labute approximate surface area is 116 Å². The lowest BCUT2D eigenvalue weighted by molar-refractivity contribution is 0.828. The highest BCUT2D eigenvalue weighted by Crippen LogP contribution is 2.42. The van der Waals surface area contributed by atoms with Crippen LogP contribution in [-0.4, -0.2) is 6.54 Å². The molecule has 1 aliphatic carbocycles. The van der Waals surface area contributed by atoms with Gasteiger partial charge in [0.05, 0.1) is 0 Å². The van der Waals surface area contributed by atoms with E-state index in [1.165, 1.54) is 51.9 Å². The van der Waals surface area contributed by atoms with Crippen LogP contribution in [0.2, 0.25) is 0 Å². The van der Waals surface area contributed by atoms with E-state index in [0.717, 1.165) is 6.54 Å². The van der Waals surface area contributed by atoms with Crippen molar-refractivity contribution in [3.63, 3.8) is 0 Å². The summed E-state index contributed by atoms with van der Waals surface area (Å²) in [5.41, 5.74) is 10.1. The minimum Gasteiger partial charge on any atom is -0.384 e. The second kappa shape index (κ2) is 4.56. The fourth-order valence-corrected chi connectivity index (χ4v) is 3.32. The largest absolute Gasteiger partial charge is 0.384 e. The fraction of sp³-hybridized carbons (Fsp3) is 0.444. The van der Waals surface area contributed by atoms with Crippen LogP contribution in [0.5, 0.6) is 0 Å². The second-order valence-corrected chi connectivity index (χ2v) is 6.00. The van der Waals surface area contributed by atoms with Crippen molar-refractivity contribution < 1.29 is 0 Å². The molecule has 0 saturated carbocycles. The zero-order chi connectivity index (χ0) is 13.6. The summed E-state index contributed by atoms with van der Waals surface area (Å²) in [6.45, 7) is 10.2. The maximum atomic E-state index is 3.64. The molecule has 1 heteroatoms. The number of allylic oxidation sites excluding steroid dienone is 4. The van der Waals surface area contributed by atoms with Crippen LogP contribution in [0, 0.1) is 12.8 Å². The predicted molar refractivity (Wildman–Crippen MR) is 83.5 cm³/mol. The molecule has 1 aromatic rings. The van der Waals surface area contributed by atoms with Crippen LogP contribution in [-0.2, 0) is 6.42 Å². The van der Waals surface area contributed by atoms with Crippen LogP contribution in [0.4, 0.5) is 5.69 Å². The van der Waals surface area contributed by atoms with E-state index in [2.05, 4.69) is 51.2 Å². The summed E-state index contributed by atoms with van der Waals surface area (Å²) < 4.78 is 0. The summed E-state index contributed by atoms with van der Waals surface area (Å²) in [7, 11) is 0. The normalized spacial score (nSPS) is 22.1. The number of anilines is 1. The van der Waals surface area contributed by atoms with E-state index in [1.54, 1.807) is 0 Å². The van der Waals surface area contributed by atoms with Crippen LogP contribution in [0.3, 0.4) is 0 Å². The summed E-state index contributed by atoms with van der Waals surface area (Å²) in [6.07, 6.45) is 4.89. The predicted octanol–water partition coefficient (Wildman–Crippen LogP) is 4.72. The van der Waals surface area contributed by atoms with Gasteiger partial charge in [-0.3, -0.25) is 0 Å². The third kappa shape index (κ3) is 1.92. The van der Waals surface area contributed by atoms with Crippen molar-refractivity contribution in [2.75, 3.05) is 11.9 Å². The lowest BCUT2D eigenvalue weighted by atomic mass is 9.89. The standard InChI is InChI=1S/C18H23N/c1-11-7-8-15-6-5-9-19-18(15)17(11)16-10-12(2)13(3)14(16)4/h7-8,10,12,19H,5-6,9H2,1-4H3. The number of nitrogens with one attached hydrogen (secondary N) is 1. The zero-order valence-corrected chi connectivity index (χ0v) is 12.4. The second-order valence-electron chi connectivity index (χ2n) is 6.00. The number of rotatable bonds is 1. The molecule has 0 aromatic heterocycles. The molecule has 1 atom stereocenters. The molecular weight excluding hydrogens is 230 g/mol. The highest BCUT2D eigenvalue weighted by Gasteiger charge is 2.23. The van der Waals surface area contributed by atoms with Crippen molar-refractivity contribution in [3.05, 3.63) is 46.0 Å². The van der Waals surface area contributed by atoms with Gasteiger partial charge in [-0.05, 0) is 61.8 Å². The third-order valence-electron chi connectivity index (χ3n) is 4.79. The molecular formula is C18H23N. The summed E-state index contributed by atoms with van der Waals surface area (Å²) in [5.74, 6) is 0.578. The van der Waals surface area contributed by atoms with Crippen molar-refractivity contribution in [1.29, 1.82) is 0 Å². The zero-order valence-electron chi connectivity index (χ0n) is 12.4. The van der Waals surface area contributed by atoms with E-state index in [9.17, 15) is 0 Å². The van der Waals surface area contributed by atoms with Crippen LogP contribution in [0.25, 0.3) is 5.57 Å². The molecule has 3 rings (SSSR count). The van der Waals surface area contributed by atoms with Crippen LogP contribution in [0.15, 0.2) is 29.4 Å². The van der Waals surface area contributed by atoms with Crippen molar-refractivity contribution in [3.8, 4) is 0 Å². The van der Waals surface area contributed by atoms with Crippen molar-refractivity contribution >= 4 is 11.3 Å². The lowest BCUT2D eigenvalue weighted by Crippen LogP contribution is -2.14. The topological polar surface area (TPSA) is 12.0 Å². The summed E-state index contributed by atoms with van der Waals surface area (Å²) in [4.78, 5) is 0. The van der Waals surface area contributed by atoms with Crippen molar-refractivity contribution in [2.45, 2.75) is 40.5 Å². The van der Waals surface area contributed by atoms with Gasteiger partial charge in [0.15, 0.2) is 0 Å². The summed E-state index contributed by atoms with van der Waals surface area (Å²) >= 11 is 0. The number of benzene rings is 1. The molecule has 100 valence electrons. The van der Waals surface area contributed by atoms with Crippen molar-refractivity contribution in [2.24, 2.45) is 5.92 Å². The molecule has 1 nitrogen and oxygen atoms in total. The van der Waals surface area contributed by atoms with E-state index in [1.807, 2.05) is 0 Å². The van der Waals surface area contributed by atoms with Crippen molar-refractivity contribution in [1.82, 2.24) is 0 Å². The maximum absolute atomic E-state index is 3.64. The van der Waals surface area contributed by atoms with E-state index < -0.39 is 0 Å². The molecule has 1 aliphatic heterocycles. The van der Waals surface area contributed by atoms with Gasteiger partial charge in [0.25, 0.3) is 0 Å². The van der Waals surface area contributed by atoms with Gasteiger partial charge in [-0.2, -0.15) is 0 Å². The Hall–Kier alpha value is -1.50. The Morgan fingerprint density at radius 3 is 2.63 bits per heavy atom. The molecule has 0 saturated heterocycles. The molecule has 1 aromatic carbocycles. The Bertz CT molecular complexity index is 590. The SMILES string of the molecule is CC1=C(C)C(C)C=C1c1c(C)ccc2c1NCCC2. The first-order valence-corrected chi connectivity index (χ1v) is 7.36. The van der Waals surface area contributed by atoms with E-state index in [0.29, 0.717) is 5.92 Å². The molecule has 1 heterocycles. The van der Waals surface area contributed by atoms with Gasteiger partial charge in [0, 0.05) is 17.8 Å². The van der Waals surface area contributed by atoms with Gasteiger partial charge in [-0.25, -0.2) is 0 Å². The van der Waals surface area contributed by atoms with Gasteiger partial charge in [-0.15, -0.1) is 0 Å². The van der Waals surface area contributed by atoms with Gasteiger partial charge >= 0.3 is 0 Å². The highest BCUT2D eigenvalue weighted by atomic mass is 14.9. The molecule has 2 aliphatic rings. The van der Waals surface area contributed by atoms with Crippen LogP contribution >= 0.6 is 0 Å². The Balaban J connectivity index is 2.19. The average Bonchev–Trinajstić information content (AvgIpc) is 2.66. The monoisotopic (exact) mass is 253 g/mol. The number of hydrogen-bond donors (Lipinski definition) is 1. The minimum absolute atomic E-state index is 0.578. The molecule has 0 radical (unpaired) electrons. The Morgan fingerprint density at radius 2 is 1.95 bits per heavy atom. The molecule has 0 amide bonds. The first-order chi connectivity index (χ1) is 9.09.